The maximum absolute atomic E-state index is 13.1. The minimum atomic E-state index is -0.948. The van der Waals surface area contributed by atoms with E-state index in [0.29, 0.717) is 5.56 Å². The third-order valence-corrected chi connectivity index (χ3v) is 3.40. The molecule has 0 aliphatic heterocycles. The lowest BCUT2D eigenvalue weighted by Crippen LogP contribution is -2.21. The van der Waals surface area contributed by atoms with Crippen molar-refractivity contribution < 1.29 is 13.9 Å². The maximum Gasteiger partial charge on any atom is 0.160 e. The third-order valence-electron chi connectivity index (χ3n) is 3.40. The topological polar surface area (TPSA) is 35.8 Å². The zero-order chi connectivity index (χ0) is 16.1. The number of hydrogen-bond acceptors (Lipinski definition) is 3. The van der Waals surface area contributed by atoms with Crippen LogP contribution in [-0.4, -0.2) is 24.4 Å². The lowest BCUT2D eigenvalue weighted by molar-refractivity contribution is 0.474. The highest BCUT2D eigenvalue weighted by Gasteiger charge is 2.06. The summed E-state index contributed by atoms with van der Waals surface area (Å²) in [5.74, 6) is -1.77. The molecule has 0 heterocycles. The number of benzene rings is 2. The van der Waals surface area contributed by atoms with Gasteiger partial charge < -0.3 is 10.0 Å². The standard InChI is InChI=1S/C17H18F2N2O/c1-3-21(4-2)14-7-5-12(17(22)10-14)11-20-13-6-8-15(18)16(19)9-13/h5-11,22H,3-4H2,1-2H3. The number of phenolic OH excluding ortho intramolecular Hbond substituents is 1. The van der Waals surface area contributed by atoms with E-state index in [0.717, 1.165) is 30.9 Å². The molecule has 0 aliphatic rings. The maximum atomic E-state index is 13.1. The highest BCUT2D eigenvalue weighted by atomic mass is 19.2. The van der Waals surface area contributed by atoms with E-state index in [-0.39, 0.29) is 11.4 Å². The summed E-state index contributed by atoms with van der Waals surface area (Å²) in [5.41, 5.74) is 1.72. The first-order valence-electron chi connectivity index (χ1n) is 7.12. The van der Waals surface area contributed by atoms with Crippen LogP contribution in [0.2, 0.25) is 0 Å². The fraction of sp³-hybridized carbons (Fsp3) is 0.235. The quantitative estimate of drug-likeness (QED) is 0.837. The monoisotopic (exact) mass is 304 g/mol. The van der Waals surface area contributed by atoms with Gasteiger partial charge in [-0.3, -0.25) is 4.99 Å². The van der Waals surface area contributed by atoms with E-state index in [1.807, 2.05) is 19.9 Å². The van der Waals surface area contributed by atoms with E-state index >= 15 is 0 Å². The number of halogens is 2. The molecular formula is C17H18F2N2O. The average Bonchev–Trinajstić information content (AvgIpc) is 2.51. The molecule has 22 heavy (non-hydrogen) atoms. The second-order valence-corrected chi connectivity index (χ2v) is 4.77. The molecule has 0 saturated heterocycles. The van der Waals surface area contributed by atoms with E-state index in [4.69, 9.17) is 0 Å². The van der Waals surface area contributed by atoms with Gasteiger partial charge in [0, 0.05) is 42.7 Å². The Labute approximate surface area is 128 Å². The Morgan fingerprint density at radius 3 is 2.36 bits per heavy atom. The molecule has 0 amide bonds. The van der Waals surface area contributed by atoms with Crippen LogP contribution >= 0.6 is 0 Å². The van der Waals surface area contributed by atoms with E-state index in [1.165, 1.54) is 12.3 Å². The first-order valence-corrected chi connectivity index (χ1v) is 7.12. The Morgan fingerprint density at radius 1 is 1.05 bits per heavy atom. The van der Waals surface area contributed by atoms with Crippen molar-refractivity contribution in [3.8, 4) is 5.75 Å². The molecule has 0 spiro atoms. The van der Waals surface area contributed by atoms with Crippen molar-refractivity contribution >= 4 is 17.6 Å². The SMILES string of the molecule is CCN(CC)c1ccc(C=Nc2ccc(F)c(F)c2)c(O)c1. The zero-order valence-electron chi connectivity index (χ0n) is 12.6. The number of nitrogens with zero attached hydrogens (tertiary/aromatic N) is 2. The van der Waals surface area contributed by atoms with E-state index in [2.05, 4.69) is 9.89 Å². The predicted octanol–water partition coefficient (Wildman–Crippen LogP) is 4.27. The van der Waals surface area contributed by atoms with Gasteiger partial charge in [0.2, 0.25) is 0 Å². The van der Waals surface area contributed by atoms with Gasteiger partial charge in [0.25, 0.3) is 0 Å². The van der Waals surface area contributed by atoms with Crippen LogP contribution in [0.5, 0.6) is 5.75 Å². The molecule has 0 saturated carbocycles. The normalized spacial score (nSPS) is 11.1. The minimum Gasteiger partial charge on any atom is -0.507 e. The molecule has 0 aliphatic carbocycles. The summed E-state index contributed by atoms with van der Waals surface area (Å²) in [6.45, 7) is 5.77. The first kappa shape index (κ1) is 15.9. The summed E-state index contributed by atoms with van der Waals surface area (Å²) in [6, 6.07) is 8.69. The van der Waals surface area contributed by atoms with Crippen LogP contribution in [-0.2, 0) is 0 Å². The molecule has 0 fully saturated rings. The summed E-state index contributed by atoms with van der Waals surface area (Å²) in [6.07, 6.45) is 1.42. The van der Waals surface area contributed by atoms with Gasteiger partial charge in [-0.1, -0.05) is 0 Å². The number of hydrogen-bond donors (Lipinski definition) is 1. The van der Waals surface area contributed by atoms with Crippen molar-refractivity contribution in [3.05, 3.63) is 53.6 Å². The summed E-state index contributed by atoms with van der Waals surface area (Å²) in [4.78, 5) is 6.16. The van der Waals surface area contributed by atoms with E-state index in [9.17, 15) is 13.9 Å². The van der Waals surface area contributed by atoms with Gasteiger partial charge >= 0.3 is 0 Å². The summed E-state index contributed by atoms with van der Waals surface area (Å²) < 4.78 is 25.9. The number of rotatable bonds is 5. The van der Waals surface area contributed by atoms with Gasteiger partial charge in [-0.25, -0.2) is 8.78 Å². The minimum absolute atomic E-state index is 0.0933. The highest BCUT2D eigenvalue weighted by molar-refractivity contribution is 5.86. The van der Waals surface area contributed by atoms with Gasteiger partial charge in [0.15, 0.2) is 11.6 Å². The Kier molecular flexibility index (Phi) is 5.09. The lowest BCUT2D eigenvalue weighted by Gasteiger charge is -2.21. The molecule has 2 aromatic carbocycles. The largest absolute Gasteiger partial charge is 0.507 e. The second-order valence-electron chi connectivity index (χ2n) is 4.77. The Hall–Kier alpha value is -2.43. The molecule has 0 atom stereocenters. The Balaban J connectivity index is 2.22. The number of aliphatic imine (C=N–C) groups is 1. The fourth-order valence-corrected chi connectivity index (χ4v) is 2.14. The Morgan fingerprint density at radius 2 is 1.77 bits per heavy atom. The van der Waals surface area contributed by atoms with Crippen LogP contribution in [0.3, 0.4) is 0 Å². The van der Waals surface area contributed by atoms with Crippen molar-refractivity contribution in [2.75, 3.05) is 18.0 Å². The van der Waals surface area contributed by atoms with E-state index < -0.39 is 11.6 Å². The molecule has 0 unspecified atom stereocenters. The van der Waals surface area contributed by atoms with Crippen LogP contribution < -0.4 is 4.90 Å². The van der Waals surface area contributed by atoms with Crippen molar-refractivity contribution in [1.29, 1.82) is 0 Å². The molecule has 116 valence electrons. The van der Waals surface area contributed by atoms with Crippen LogP contribution in [0.25, 0.3) is 0 Å². The summed E-state index contributed by atoms with van der Waals surface area (Å²) in [7, 11) is 0. The number of aromatic hydroxyl groups is 1. The van der Waals surface area contributed by atoms with Gasteiger partial charge in [-0.15, -0.1) is 0 Å². The fourth-order valence-electron chi connectivity index (χ4n) is 2.14. The molecule has 1 N–H and O–H groups in total. The molecular weight excluding hydrogens is 286 g/mol. The van der Waals surface area contributed by atoms with Crippen LogP contribution in [0.4, 0.5) is 20.2 Å². The average molecular weight is 304 g/mol. The highest BCUT2D eigenvalue weighted by Crippen LogP contribution is 2.24. The van der Waals surface area contributed by atoms with Crippen molar-refractivity contribution in [2.24, 2.45) is 4.99 Å². The molecule has 0 bridgehead atoms. The summed E-state index contributed by atoms with van der Waals surface area (Å²) >= 11 is 0. The van der Waals surface area contributed by atoms with Crippen molar-refractivity contribution in [3.63, 3.8) is 0 Å². The molecule has 2 rings (SSSR count). The molecule has 3 nitrogen and oxygen atoms in total. The van der Waals surface area contributed by atoms with Gasteiger partial charge in [-0.05, 0) is 38.1 Å². The third kappa shape index (κ3) is 3.61. The lowest BCUT2D eigenvalue weighted by atomic mass is 10.2. The predicted molar refractivity (Wildman–Crippen MR) is 85.3 cm³/mol. The molecule has 0 aromatic heterocycles. The van der Waals surface area contributed by atoms with Crippen LogP contribution in [0, 0.1) is 11.6 Å². The molecule has 0 radical (unpaired) electrons. The zero-order valence-corrected chi connectivity index (χ0v) is 12.6. The number of anilines is 1. The molecule has 2 aromatic rings. The second kappa shape index (κ2) is 7.02. The smallest absolute Gasteiger partial charge is 0.160 e. The van der Waals surface area contributed by atoms with Crippen LogP contribution in [0.1, 0.15) is 19.4 Å². The van der Waals surface area contributed by atoms with Gasteiger partial charge in [0.05, 0.1) is 5.69 Å². The first-order chi connectivity index (χ1) is 10.5. The van der Waals surface area contributed by atoms with Gasteiger partial charge in [0.1, 0.15) is 5.75 Å². The summed E-state index contributed by atoms with van der Waals surface area (Å²) in [5, 5.41) is 10.1. The Bertz CT molecular complexity index is 682. The van der Waals surface area contributed by atoms with Gasteiger partial charge in [-0.2, -0.15) is 0 Å². The van der Waals surface area contributed by atoms with Crippen molar-refractivity contribution in [2.45, 2.75) is 13.8 Å². The molecule has 5 heteroatoms. The van der Waals surface area contributed by atoms with E-state index in [1.54, 1.807) is 12.1 Å². The van der Waals surface area contributed by atoms with Crippen LogP contribution in [0.15, 0.2) is 41.4 Å². The number of phenols is 1. The van der Waals surface area contributed by atoms with Crippen molar-refractivity contribution in [1.82, 2.24) is 0 Å².